The first kappa shape index (κ1) is 18.3. The van der Waals surface area contributed by atoms with Crippen molar-refractivity contribution in [3.8, 4) is 5.75 Å². The van der Waals surface area contributed by atoms with E-state index in [4.69, 9.17) is 9.84 Å². The van der Waals surface area contributed by atoms with Crippen molar-refractivity contribution in [1.29, 1.82) is 0 Å². The summed E-state index contributed by atoms with van der Waals surface area (Å²) in [5, 5.41) is 8.81. The van der Waals surface area contributed by atoms with Crippen molar-refractivity contribution in [2.75, 3.05) is 19.7 Å². The van der Waals surface area contributed by atoms with E-state index in [1.54, 1.807) is 12.1 Å². The third-order valence-electron chi connectivity index (χ3n) is 4.26. The number of hydrogen-bond acceptors (Lipinski definition) is 3. The van der Waals surface area contributed by atoms with Gasteiger partial charge in [-0.3, -0.25) is 9.59 Å². The maximum absolute atomic E-state index is 12.6. The van der Waals surface area contributed by atoms with Gasteiger partial charge in [-0.05, 0) is 55.4 Å². The van der Waals surface area contributed by atoms with E-state index in [0.717, 1.165) is 25.1 Å². The Kier molecular flexibility index (Phi) is 6.64. The number of hydrogen-bond donors (Lipinski definition) is 1. The van der Waals surface area contributed by atoms with E-state index in [-0.39, 0.29) is 18.2 Å². The molecule has 1 aliphatic rings. The van der Waals surface area contributed by atoms with Crippen LogP contribution < -0.4 is 4.74 Å². The van der Waals surface area contributed by atoms with E-state index in [2.05, 4.69) is 13.8 Å². The van der Waals surface area contributed by atoms with Crippen LogP contribution in [0, 0.1) is 11.8 Å². The van der Waals surface area contributed by atoms with E-state index >= 15 is 0 Å². The summed E-state index contributed by atoms with van der Waals surface area (Å²) >= 11 is 0. The summed E-state index contributed by atoms with van der Waals surface area (Å²) in [7, 11) is 0. The van der Waals surface area contributed by atoms with Crippen LogP contribution in [0.25, 0.3) is 0 Å². The molecule has 132 valence electrons. The first-order chi connectivity index (χ1) is 11.5. The van der Waals surface area contributed by atoms with E-state index in [9.17, 15) is 9.59 Å². The molecule has 1 aromatic rings. The van der Waals surface area contributed by atoms with Crippen molar-refractivity contribution in [2.45, 2.75) is 39.5 Å². The van der Waals surface area contributed by atoms with Gasteiger partial charge in [0.15, 0.2) is 0 Å². The molecule has 1 atom stereocenters. The molecule has 24 heavy (non-hydrogen) atoms. The molecule has 1 amide bonds. The van der Waals surface area contributed by atoms with Crippen molar-refractivity contribution in [2.24, 2.45) is 11.8 Å². The number of aliphatic carboxylic acids is 1. The third-order valence-corrected chi connectivity index (χ3v) is 4.26. The summed E-state index contributed by atoms with van der Waals surface area (Å²) in [6.07, 6.45) is 2.75. The predicted molar refractivity (Wildman–Crippen MR) is 92.3 cm³/mol. The number of nitrogens with zero attached hydrogens (tertiary/aromatic N) is 1. The number of carboxylic acids is 1. The SMILES string of the molecule is CC(C)COc1ccc(C(=O)N2CCCC(CCC(=O)O)C2)cc1. The standard InChI is InChI=1S/C19H27NO4/c1-14(2)13-24-17-8-6-16(7-9-17)19(23)20-11-3-4-15(12-20)5-10-18(21)22/h6-9,14-15H,3-5,10-13H2,1-2H3,(H,21,22). The molecular weight excluding hydrogens is 306 g/mol. The molecular formula is C19H27NO4. The lowest BCUT2D eigenvalue weighted by atomic mass is 9.93. The average molecular weight is 333 g/mol. The largest absolute Gasteiger partial charge is 0.493 e. The van der Waals surface area contributed by atoms with Crippen LogP contribution in [0.5, 0.6) is 5.75 Å². The molecule has 1 aromatic carbocycles. The Labute approximate surface area is 143 Å². The minimum absolute atomic E-state index is 0.0189. The molecule has 0 saturated carbocycles. The van der Waals surface area contributed by atoms with E-state index in [1.165, 1.54) is 0 Å². The van der Waals surface area contributed by atoms with Gasteiger partial charge in [-0.2, -0.15) is 0 Å². The Morgan fingerprint density at radius 1 is 1.29 bits per heavy atom. The van der Waals surface area contributed by atoms with Gasteiger partial charge in [0.1, 0.15) is 5.75 Å². The average Bonchev–Trinajstić information content (AvgIpc) is 2.58. The lowest BCUT2D eigenvalue weighted by Gasteiger charge is -2.32. The first-order valence-corrected chi connectivity index (χ1v) is 8.69. The fraction of sp³-hybridized carbons (Fsp3) is 0.579. The van der Waals surface area contributed by atoms with Gasteiger partial charge in [-0.15, -0.1) is 0 Å². The first-order valence-electron chi connectivity index (χ1n) is 8.69. The molecule has 0 aliphatic carbocycles. The molecule has 1 aliphatic heterocycles. The Balaban J connectivity index is 1.91. The predicted octanol–water partition coefficient (Wildman–Crippen LogP) is 3.44. The van der Waals surface area contributed by atoms with Crippen molar-refractivity contribution < 1.29 is 19.4 Å². The van der Waals surface area contributed by atoms with Crippen molar-refractivity contribution in [3.63, 3.8) is 0 Å². The van der Waals surface area contributed by atoms with Crippen LogP contribution in [-0.4, -0.2) is 41.6 Å². The molecule has 1 fully saturated rings. The lowest BCUT2D eigenvalue weighted by molar-refractivity contribution is -0.137. The molecule has 0 spiro atoms. The number of likely N-dealkylation sites (tertiary alicyclic amines) is 1. The van der Waals surface area contributed by atoms with E-state index in [0.29, 0.717) is 31.1 Å². The molecule has 0 bridgehead atoms. The zero-order valence-corrected chi connectivity index (χ0v) is 14.5. The number of carboxylic acid groups (broad SMARTS) is 1. The van der Waals surface area contributed by atoms with Crippen LogP contribution in [0.15, 0.2) is 24.3 Å². The smallest absolute Gasteiger partial charge is 0.303 e. The second kappa shape index (κ2) is 8.71. The highest BCUT2D eigenvalue weighted by molar-refractivity contribution is 5.94. The van der Waals surface area contributed by atoms with Crippen LogP contribution in [0.4, 0.5) is 0 Å². The molecule has 1 N–H and O–H groups in total. The van der Waals surface area contributed by atoms with E-state index < -0.39 is 5.97 Å². The molecule has 1 saturated heterocycles. The fourth-order valence-corrected chi connectivity index (χ4v) is 2.95. The van der Waals surface area contributed by atoms with Gasteiger partial charge in [-0.1, -0.05) is 13.8 Å². The normalized spacial score (nSPS) is 17.8. The van der Waals surface area contributed by atoms with Crippen LogP contribution in [0.3, 0.4) is 0 Å². The van der Waals surface area contributed by atoms with E-state index in [1.807, 2.05) is 17.0 Å². The molecule has 1 unspecified atom stereocenters. The van der Waals surface area contributed by atoms with Gasteiger partial charge < -0.3 is 14.7 Å². The number of carbonyl (C=O) groups excluding carboxylic acids is 1. The number of rotatable bonds is 7. The van der Waals surface area contributed by atoms with Crippen LogP contribution in [0.2, 0.25) is 0 Å². The van der Waals surface area contributed by atoms with Gasteiger partial charge >= 0.3 is 5.97 Å². The van der Waals surface area contributed by atoms with Crippen molar-refractivity contribution in [3.05, 3.63) is 29.8 Å². The van der Waals surface area contributed by atoms with Gasteiger partial charge in [0.05, 0.1) is 6.61 Å². The Hall–Kier alpha value is -2.04. The van der Waals surface area contributed by atoms with Gasteiger partial charge in [0.2, 0.25) is 0 Å². The minimum atomic E-state index is -0.768. The van der Waals surface area contributed by atoms with Crippen LogP contribution in [0.1, 0.15) is 49.9 Å². The fourth-order valence-electron chi connectivity index (χ4n) is 2.95. The summed E-state index contributed by atoms with van der Waals surface area (Å²) in [6, 6.07) is 7.28. The second-order valence-electron chi connectivity index (χ2n) is 6.92. The number of piperidine rings is 1. The van der Waals surface area contributed by atoms with Crippen molar-refractivity contribution >= 4 is 11.9 Å². The summed E-state index contributed by atoms with van der Waals surface area (Å²) in [5.74, 6) is 0.772. The summed E-state index contributed by atoms with van der Waals surface area (Å²) in [5.41, 5.74) is 0.658. The highest BCUT2D eigenvalue weighted by Gasteiger charge is 2.24. The summed E-state index contributed by atoms with van der Waals surface area (Å²) in [6.45, 7) is 6.24. The monoisotopic (exact) mass is 333 g/mol. The quantitative estimate of drug-likeness (QED) is 0.830. The Morgan fingerprint density at radius 3 is 2.62 bits per heavy atom. The van der Waals surface area contributed by atoms with Gasteiger partial charge in [0, 0.05) is 25.1 Å². The van der Waals surface area contributed by atoms with Gasteiger partial charge in [-0.25, -0.2) is 0 Å². The molecule has 5 heteroatoms. The maximum atomic E-state index is 12.6. The second-order valence-corrected chi connectivity index (χ2v) is 6.92. The Bertz CT molecular complexity index is 553. The van der Waals surface area contributed by atoms with Gasteiger partial charge in [0.25, 0.3) is 5.91 Å². The highest BCUT2D eigenvalue weighted by Crippen LogP contribution is 2.23. The zero-order valence-electron chi connectivity index (χ0n) is 14.5. The number of benzene rings is 1. The van der Waals surface area contributed by atoms with Crippen LogP contribution in [-0.2, 0) is 4.79 Å². The summed E-state index contributed by atoms with van der Waals surface area (Å²) < 4.78 is 5.64. The topological polar surface area (TPSA) is 66.8 Å². The molecule has 1 heterocycles. The minimum Gasteiger partial charge on any atom is -0.493 e. The third kappa shape index (κ3) is 5.55. The molecule has 0 radical (unpaired) electrons. The number of ether oxygens (including phenoxy) is 1. The van der Waals surface area contributed by atoms with Crippen LogP contribution >= 0.6 is 0 Å². The van der Waals surface area contributed by atoms with Crippen molar-refractivity contribution in [1.82, 2.24) is 4.90 Å². The number of amides is 1. The molecule has 0 aromatic heterocycles. The lowest BCUT2D eigenvalue weighted by Crippen LogP contribution is -2.40. The number of carbonyl (C=O) groups is 2. The Morgan fingerprint density at radius 2 is 2.00 bits per heavy atom. The maximum Gasteiger partial charge on any atom is 0.303 e. The molecule has 5 nitrogen and oxygen atoms in total. The molecule has 2 rings (SSSR count). The highest BCUT2D eigenvalue weighted by atomic mass is 16.5. The summed E-state index contributed by atoms with van der Waals surface area (Å²) in [4.78, 5) is 25.2. The zero-order chi connectivity index (χ0) is 17.5.